The van der Waals surface area contributed by atoms with E-state index in [1.54, 1.807) is 5.38 Å². The van der Waals surface area contributed by atoms with Crippen molar-refractivity contribution in [1.82, 2.24) is 15.6 Å². The van der Waals surface area contributed by atoms with E-state index in [1.807, 2.05) is 6.92 Å². The molecule has 0 bridgehead atoms. The third-order valence-corrected chi connectivity index (χ3v) is 3.12. The monoisotopic (exact) mass is 269 g/mol. The van der Waals surface area contributed by atoms with E-state index in [-0.39, 0.29) is 11.8 Å². The van der Waals surface area contributed by atoms with Crippen molar-refractivity contribution in [1.29, 1.82) is 0 Å². The number of nitrogens with one attached hydrogen (secondary N) is 2. The zero-order valence-corrected chi connectivity index (χ0v) is 11.8. The van der Waals surface area contributed by atoms with Crippen LogP contribution in [-0.2, 0) is 0 Å². The summed E-state index contributed by atoms with van der Waals surface area (Å²) in [6, 6.07) is 0. The molecule has 0 aliphatic rings. The average Bonchev–Trinajstić information content (AvgIpc) is 2.78. The molecule has 2 N–H and O–H groups in total. The standard InChI is InChI=1S/C12H19N3O2S/c1-4-13-11(17)12-15-9(7-18-12)10(16)14-6-5-8(2)3/h7-8H,4-6H2,1-3H3,(H,13,17)(H,14,16). The van der Waals surface area contributed by atoms with Crippen LogP contribution in [-0.4, -0.2) is 29.9 Å². The number of nitrogens with zero attached hydrogens (tertiary/aromatic N) is 1. The van der Waals surface area contributed by atoms with Gasteiger partial charge in [-0.3, -0.25) is 9.59 Å². The lowest BCUT2D eigenvalue weighted by Gasteiger charge is -2.05. The number of carbonyl (C=O) groups excluding carboxylic acids is 2. The van der Waals surface area contributed by atoms with E-state index < -0.39 is 0 Å². The summed E-state index contributed by atoms with van der Waals surface area (Å²) in [7, 11) is 0. The van der Waals surface area contributed by atoms with Crippen LogP contribution in [0.1, 0.15) is 47.5 Å². The van der Waals surface area contributed by atoms with Crippen LogP contribution in [0.25, 0.3) is 0 Å². The van der Waals surface area contributed by atoms with Gasteiger partial charge in [-0.05, 0) is 19.3 Å². The molecule has 1 heterocycles. The van der Waals surface area contributed by atoms with Crippen LogP contribution in [0.4, 0.5) is 0 Å². The molecule has 0 spiro atoms. The van der Waals surface area contributed by atoms with E-state index in [4.69, 9.17) is 0 Å². The lowest BCUT2D eigenvalue weighted by molar-refractivity contribution is 0.0947. The van der Waals surface area contributed by atoms with Crippen molar-refractivity contribution in [2.75, 3.05) is 13.1 Å². The highest BCUT2D eigenvalue weighted by molar-refractivity contribution is 7.11. The van der Waals surface area contributed by atoms with Gasteiger partial charge in [-0.1, -0.05) is 13.8 Å². The van der Waals surface area contributed by atoms with E-state index in [0.29, 0.717) is 29.7 Å². The minimum absolute atomic E-state index is 0.220. The van der Waals surface area contributed by atoms with Crippen molar-refractivity contribution in [2.45, 2.75) is 27.2 Å². The molecule has 6 heteroatoms. The Hall–Kier alpha value is -1.43. The maximum atomic E-state index is 11.7. The van der Waals surface area contributed by atoms with E-state index >= 15 is 0 Å². The van der Waals surface area contributed by atoms with Crippen molar-refractivity contribution in [3.8, 4) is 0 Å². The summed E-state index contributed by atoms with van der Waals surface area (Å²) in [6.07, 6.45) is 0.930. The number of rotatable bonds is 6. The van der Waals surface area contributed by atoms with Gasteiger partial charge in [-0.2, -0.15) is 0 Å². The molecule has 1 rings (SSSR count). The third-order valence-electron chi connectivity index (χ3n) is 2.28. The first-order chi connectivity index (χ1) is 8.54. The van der Waals surface area contributed by atoms with Gasteiger partial charge in [0.2, 0.25) is 0 Å². The Labute approximate surface area is 111 Å². The fourth-order valence-electron chi connectivity index (χ4n) is 1.28. The molecule has 0 aliphatic carbocycles. The molecule has 0 radical (unpaired) electrons. The first-order valence-electron chi connectivity index (χ1n) is 6.06. The maximum Gasteiger partial charge on any atom is 0.280 e. The maximum absolute atomic E-state index is 11.7. The van der Waals surface area contributed by atoms with Crippen LogP contribution in [0.15, 0.2) is 5.38 Å². The highest BCUT2D eigenvalue weighted by atomic mass is 32.1. The smallest absolute Gasteiger partial charge is 0.280 e. The number of hydrogen-bond acceptors (Lipinski definition) is 4. The Morgan fingerprint density at radius 2 is 2.06 bits per heavy atom. The van der Waals surface area contributed by atoms with Crippen molar-refractivity contribution in [3.05, 3.63) is 16.1 Å². The van der Waals surface area contributed by atoms with Crippen LogP contribution >= 0.6 is 11.3 Å². The summed E-state index contributed by atoms with van der Waals surface area (Å²) in [5, 5.41) is 7.37. The number of amides is 2. The van der Waals surface area contributed by atoms with Gasteiger partial charge < -0.3 is 10.6 Å². The quantitative estimate of drug-likeness (QED) is 0.825. The van der Waals surface area contributed by atoms with Gasteiger partial charge in [0.25, 0.3) is 11.8 Å². The van der Waals surface area contributed by atoms with E-state index in [1.165, 1.54) is 11.3 Å². The highest BCUT2D eigenvalue weighted by Crippen LogP contribution is 2.09. The highest BCUT2D eigenvalue weighted by Gasteiger charge is 2.14. The summed E-state index contributed by atoms with van der Waals surface area (Å²) in [5.41, 5.74) is 0.310. The summed E-state index contributed by atoms with van der Waals surface area (Å²) >= 11 is 1.18. The molecule has 1 aromatic rings. The molecule has 0 aliphatic heterocycles. The first kappa shape index (κ1) is 14.6. The van der Waals surface area contributed by atoms with Gasteiger partial charge in [-0.25, -0.2) is 4.98 Å². The van der Waals surface area contributed by atoms with E-state index in [2.05, 4.69) is 29.5 Å². The Balaban J connectivity index is 2.51. The molecule has 0 atom stereocenters. The van der Waals surface area contributed by atoms with Gasteiger partial charge in [-0.15, -0.1) is 11.3 Å². The third kappa shape index (κ3) is 4.44. The number of thiazole rings is 1. The van der Waals surface area contributed by atoms with Crippen LogP contribution in [0, 0.1) is 5.92 Å². The van der Waals surface area contributed by atoms with Crippen molar-refractivity contribution >= 4 is 23.2 Å². The van der Waals surface area contributed by atoms with Crippen LogP contribution in [0.2, 0.25) is 0 Å². The fourth-order valence-corrected chi connectivity index (χ4v) is 2.00. The predicted molar refractivity (Wildman–Crippen MR) is 71.9 cm³/mol. The second kappa shape index (κ2) is 7.10. The Morgan fingerprint density at radius 3 is 2.67 bits per heavy atom. The van der Waals surface area contributed by atoms with Gasteiger partial charge in [0.1, 0.15) is 5.69 Å². The molecule has 1 aromatic heterocycles. The minimum atomic E-state index is -0.233. The van der Waals surface area contributed by atoms with Gasteiger partial charge in [0.15, 0.2) is 5.01 Å². The lowest BCUT2D eigenvalue weighted by atomic mass is 10.1. The van der Waals surface area contributed by atoms with Gasteiger partial charge >= 0.3 is 0 Å². The van der Waals surface area contributed by atoms with Gasteiger partial charge in [0.05, 0.1) is 0 Å². The SMILES string of the molecule is CCNC(=O)c1nc(C(=O)NCCC(C)C)cs1. The molecular formula is C12H19N3O2S. The average molecular weight is 269 g/mol. The molecule has 100 valence electrons. The topological polar surface area (TPSA) is 71.1 Å². The molecule has 5 nitrogen and oxygen atoms in total. The van der Waals surface area contributed by atoms with Crippen molar-refractivity contribution < 1.29 is 9.59 Å². The zero-order chi connectivity index (χ0) is 13.5. The summed E-state index contributed by atoms with van der Waals surface area (Å²) < 4.78 is 0. The molecule has 0 fully saturated rings. The number of carbonyl (C=O) groups is 2. The molecule has 18 heavy (non-hydrogen) atoms. The van der Waals surface area contributed by atoms with Crippen LogP contribution in [0.3, 0.4) is 0 Å². The molecule has 0 saturated heterocycles. The predicted octanol–water partition coefficient (Wildman–Crippen LogP) is 1.67. The van der Waals surface area contributed by atoms with Crippen LogP contribution < -0.4 is 10.6 Å². The fraction of sp³-hybridized carbons (Fsp3) is 0.583. The normalized spacial score (nSPS) is 10.4. The molecule has 0 saturated carbocycles. The minimum Gasteiger partial charge on any atom is -0.351 e. The first-order valence-corrected chi connectivity index (χ1v) is 6.94. The largest absolute Gasteiger partial charge is 0.351 e. The number of aromatic nitrogens is 1. The zero-order valence-electron chi connectivity index (χ0n) is 10.9. The lowest BCUT2D eigenvalue weighted by Crippen LogP contribution is -2.26. The summed E-state index contributed by atoms with van der Waals surface area (Å²) in [6.45, 7) is 7.22. The number of hydrogen-bond donors (Lipinski definition) is 2. The second-order valence-electron chi connectivity index (χ2n) is 4.34. The second-order valence-corrected chi connectivity index (χ2v) is 5.19. The van der Waals surface area contributed by atoms with Crippen LogP contribution in [0.5, 0.6) is 0 Å². The van der Waals surface area contributed by atoms with Crippen molar-refractivity contribution in [3.63, 3.8) is 0 Å². The van der Waals surface area contributed by atoms with Gasteiger partial charge in [0, 0.05) is 18.5 Å². The Morgan fingerprint density at radius 1 is 1.33 bits per heavy atom. The Kier molecular flexibility index (Phi) is 5.77. The summed E-state index contributed by atoms with van der Waals surface area (Å²) in [4.78, 5) is 27.2. The molecule has 2 amide bonds. The summed E-state index contributed by atoms with van der Waals surface area (Å²) in [5.74, 6) is 0.0952. The molecule has 0 aromatic carbocycles. The van der Waals surface area contributed by atoms with E-state index in [0.717, 1.165) is 6.42 Å². The molecule has 0 unspecified atom stereocenters. The molecular weight excluding hydrogens is 250 g/mol. The Bertz CT molecular complexity index is 415. The van der Waals surface area contributed by atoms with E-state index in [9.17, 15) is 9.59 Å². The van der Waals surface area contributed by atoms with Crippen molar-refractivity contribution in [2.24, 2.45) is 5.92 Å².